The Hall–Kier alpha value is -5.08. The molecule has 4 aromatic rings. The van der Waals surface area contributed by atoms with Crippen molar-refractivity contribution < 1.29 is 23.8 Å². The van der Waals surface area contributed by atoms with Crippen molar-refractivity contribution in [1.82, 2.24) is 10.7 Å². The Balaban J connectivity index is 1.48. The topological polar surface area (TPSA) is 98.3 Å². The van der Waals surface area contributed by atoms with E-state index in [9.17, 15) is 9.59 Å². The van der Waals surface area contributed by atoms with Crippen LogP contribution < -0.4 is 25.0 Å². The molecule has 0 aliphatic rings. The van der Waals surface area contributed by atoms with Crippen LogP contribution in [0.25, 0.3) is 0 Å². The number of hydrogen-bond donors (Lipinski definition) is 2. The van der Waals surface area contributed by atoms with E-state index in [1.54, 1.807) is 12.1 Å². The van der Waals surface area contributed by atoms with Crippen LogP contribution in [0.5, 0.6) is 17.2 Å². The number of ether oxygens (including phenoxy) is 3. The molecule has 4 rings (SSSR count). The lowest BCUT2D eigenvalue weighted by molar-refractivity contribution is -0.130. The number of nitrogens with one attached hydrogen (secondary N) is 2. The smallest absolute Gasteiger partial charge is 0.262 e. The van der Waals surface area contributed by atoms with Crippen molar-refractivity contribution in [3.63, 3.8) is 0 Å². The molecule has 0 aromatic heterocycles. The second kappa shape index (κ2) is 17.6. The molecule has 1 atom stereocenters. The highest BCUT2D eigenvalue weighted by Gasteiger charge is 2.22. The lowest BCUT2D eigenvalue weighted by Gasteiger charge is -2.18. The monoisotopic (exact) mass is 653 g/mol. The molecule has 0 aliphatic carbocycles. The third kappa shape index (κ3) is 10.2. The van der Waals surface area contributed by atoms with Crippen LogP contribution in [0.4, 0.5) is 0 Å². The number of carbonyl (C=O) groups excluding carboxylic acids is 2. The molecule has 9 heteroatoms. The molecule has 0 unspecified atom stereocenters. The fourth-order valence-electron chi connectivity index (χ4n) is 4.97. The Labute approximate surface area is 281 Å². The van der Waals surface area contributed by atoms with Gasteiger partial charge in [0.1, 0.15) is 18.4 Å². The number of nitrogens with zero attached hydrogens (tertiary/aromatic N) is 1. The van der Waals surface area contributed by atoms with Gasteiger partial charge < -0.3 is 19.5 Å². The number of allylic oxidation sites excluding steroid dienone is 1. The first-order valence-corrected chi connectivity index (χ1v) is 15.8. The fraction of sp³-hybridized carbons (Fsp3) is 0.237. The van der Waals surface area contributed by atoms with Crippen molar-refractivity contribution in [2.75, 3.05) is 13.2 Å². The highest BCUT2D eigenvalue weighted by atomic mass is 35.5. The van der Waals surface area contributed by atoms with Gasteiger partial charge in [-0.05, 0) is 67.6 Å². The van der Waals surface area contributed by atoms with Gasteiger partial charge in [0.25, 0.3) is 11.8 Å². The first-order chi connectivity index (χ1) is 22.8. The van der Waals surface area contributed by atoms with Crippen LogP contribution in [0.15, 0.2) is 103 Å². The van der Waals surface area contributed by atoms with Gasteiger partial charge >= 0.3 is 0 Å². The van der Waals surface area contributed by atoms with Crippen molar-refractivity contribution in [2.24, 2.45) is 5.10 Å². The Bertz CT molecular complexity index is 1690. The van der Waals surface area contributed by atoms with Crippen LogP contribution >= 0.6 is 11.6 Å². The van der Waals surface area contributed by atoms with Gasteiger partial charge in [-0.3, -0.25) is 9.59 Å². The zero-order valence-electron chi connectivity index (χ0n) is 26.9. The lowest BCUT2D eigenvalue weighted by Crippen LogP contribution is -2.48. The number of benzene rings is 4. The third-order valence-corrected chi connectivity index (χ3v) is 7.60. The fourth-order valence-corrected chi connectivity index (χ4v) is 5.16. The standard InChI is InChI=1S/C38H40ClN3O5/c1-5-13-30-20-29(22-34(45-6-2)37(30)46-24-31-18-10-11-19-32(31)39)23-40-42-38(44)33(21-28-16-8-7-9-17-28)41-35(43)25-47-36-26(3)14-12-15-27(36)4/h5,7-12,14-20,22-23,33H,1,6,13,21,24-25H2,2-4H3,(H,41,43)(H,42,44)/b40-23-/t33-/m0/s1. The highest BCUT2D eigenvalue weighted by Crippen LogP contribution is 2.35. The molecule has 0 bridgehead atoms. The summed E-state index contributed by atoms with van der Waals surface area (Å²) < 4.78 is 17.9. The molecule has 0 spiro atoms. The van der Waals surface area contributed by atoms with E-state index in [0.717, 1.165) is 27.8 Å². The molecular weight excluding hydrogens is 614 g/mol. The summed E-state index contributed by atoms with van der Waals surface area (Å²) in [6.45, 7) is 10.1. The molecule has 0 radical (unpaired) electrons. The molecule has 244 valence electrons. The van der Waals surface area contributed by atoms with Gasteiger partial charge in [0.05, 0.1) is 12.8 Å². The van der Waals surface area contributed by atoms with Crippen LogP contribution in [0, 0.1) is 13.8 Å². The predicted octanol–water partition coefficient (Wildman–Crippen LogP) is 6.92. The summed E-state index contributed by atoms with van der Waals surface area (Å²) in [5.74, 6) is 0.877. The molecule has 0 saturated carbocycles. The van der Waals surface area contributed by atoms with E-state index >= 15 is 0 Å². The van der Waals surface area contributed by atoms with E-state index in [-0.39, 0.29) is 19.6 Å². The largest absolute Gasteiger partial charge is 0.490 e. The molecule has 0 aliphatic heterocycles. The number of hydrogen-bond acceptors (Lipinski definition) is 6. The second-order valence-corrected chi connectivity index (χ2v) is 11.3. The van der Waals surface area contributed by atoms with Gasteiger partial charge in [-0.2, -0.15) is 5.10 Å². The van der Waals surface area contributed by atoms with E-state index in [0.29, 0.717) is 40.9 Å². The minimum absolute atomic E-state index is 0.231. The van der Waals surface area contributed by atoms with E-state index in [2.05, 4.69) is 22.4 Å². The average Bonchev–Trinajstić information content (AvgIpc) is 3.05. The van der Waals surface area contributed by atoms with Crippen molar-refractivity contribution in [2.45, 2.75) is 46.3 Å². The third-order valence-electron chi connectivity index (χ3n) is 7.23. The summed E-state index contributed by atoms with van der Waals surface area (Å²) in [6, 6.07) is 25.5. The molecule has 0 heterocycles. The Morgan fingerprint density at radius 3 is 2.32 bits per heavy atom. The quantitative estimate of drug-likeness (QED) is 0.0777. The Kier molecular flexibility index (Phi) is 13.0. The number of halogens is 1. The molecule has 2 N–H and O–H groups in total. The predicted molar refractivity (Wildman–Crippen MR) is 187 cm³/mol. The van der Waals surface area contributed by atoms with Crippen molar-refractivity contribution in [3.05, 3.63) is 136 Å². The number of rotatable bonds is 16. The molecule has 0 fully saturated rings. The van der Waals surface area contributed by atoms with E-state index in [1.807, 2.05) is 99.6 Å². The normalized spacial score (nSPS) is 11.5. The molecule has 8 nitrogen and oxygen atoms in total. The van der Waals surface area contributed by atoms with E-state index in [1.165, 1.54) is 6.21 Å². The van der Waals surface area contributed by atoms with Gasteiger partial charge in [-0.15, -0.1) is 6.58 Å². The Morgan fingerprint density at radius 2 is 1.62 bits per heavy atom. The van der Waals surface area contributed by atoms with Crippen LogP contribution in [-0.2, 0) is 29.0 Å². The van der Waals surface area contributed by atoms with Crippen molar-refractivity contribution >= 4 is 29.6 Å². The molecular formula is C38H40ClN3O5. The first-order valence-electron chi connectivity index (χ1n) is 15.4. The molecule has 2 amide bonds. The van der Waals surface area contributed by atoms with Crippen LogP contribution in [0.2, 0.25) is 5.02 Å². The van der Waals surface area contributed by atoms with Gasteiger partial charge in [0, 0.05) is 22.6 Å². The zero-order valence-corrected chi connectivity index (χ0v) is 27.7. The van der Waals surface area contributed by atoms with E-state index in [4.69, 9.17) is 25.8 Å². The summed E-state index contributed by atoms with van der Waals surface area (Å²) in [5, 5.41) is 7.64. The van der Waals surface area contributed by atoms with Crippen LogP contribution in [0.3, 0.4) is 0 Å². The second-order valence-electron chi connectivity index (χ2n) is 10.9. The average molecular weight is 654 g/mol. The first kappa shape index (κ1) is 34.8. The Morgan fingerprint density at radius 1 is 0.894 bits per heavy atom. The van der Waals surface area contributed by atoms with Gasteiger partial charge in [-0.25, -0.2) is 5.43 Å². The van der Waals surface area contributed by atoms with Crippen LogP contribution in [-0.4, -0.2) is 37.3 Å². The number of hydrazone groups is 1. The summed E-state index contributed by atoms with van der Waals surface area (Å²) in [6.07, 6.45) is 4.08. The van der Waals surface area contributed by atoms with Crippen molar-refractivity contribution in [3.8, 4) is 17.2 Å². The van der Waals surface area contributed by atoms with Gasteiger partial charge in [0.15, 0.2) is 18.1 Å². The summed E-state index contributed by atoms with van der Waals surface area (Å²) in [5.41, 5.74) is 7.69. The summed E-state index contributed by atoms with van der Waals surface area (Å²) in [7, 11) is 0. The van der Waals surface area contributed by atoms with Crippen molar-refractivity contribution in [1.29, 1.82) is 0 Å². The number of amides is 2. The SMILES string of the molecule is C=CCc1cc(/C=N\NC(=O)[C@H](Cc2ccccc2)NC(=O)COc2c(C)cccc2C)cc(OCC)c1OCc1ccccc1Cl. The molecule has 0 saturated heterocycles. The lowest BCUT2D eigenvalue weighted by atomic mass is 10.1. The minimum atomic E-state index is -0.889. The maximum absolute atomic E-state index is 13.3. The summed E-state index contributed by atoms with van der Waals surface area (Å²) >= 11 is 6.34. The van der Waals surface area contributed by atoms with E-state index < -0.39 is 17.9 Å². The highest BCUT2D eigenvalue weighted by molar-refractivity contribution is 6.31. The van der Waals surface area contributed by atoms with Crippen LogP contribution in [0.1, 0.15) is 40.3 Å². The van der Waals surface area contributed by atoms with Gasteiger partial charge in [0.2, 0.25) is 0 Å². The maximum Gasteiger partial charge on any atom is 0.262 e. The maximum atomic E-state index is 13.3. The summed E-state index contributed by atoms with van der Waals surface area (Å²) in [4.78, 5) is 26.3. The zero-order chi connectivity index (χ0) is 33.6. The minimum Gasteiger partial charge on any atom is -0.490 e. The number of para-hydroxylation sites is 1. The molecule has 4 aromatic carbocycles. The number of aryl methyl sites for hydroxylation is 2. The number of carbonyl (C=O) groups is 2. The molecule has 47 heavy (non-hydrogen) atoms. The van der Waals surface area contributed by atoms with Gasteiger partial charge in [-0.1, -0.05) is 84.4 Å².